The molecule has 0 unspecified atom stereocenters. The molecule has 0 saturated carbocycles. The molecule has 0 aromatic carbocycles. The number of nitrogens with zero attached hydrogens (tertiary/aromatic N) is 3. The van der Waals surface area contributed by atoms with Crippen molar-refractivity contribution in [3.8, 4) is 0 Å². The van der Waals surface area contributed by atoms with E-state index in [9.17, 15) is 8.42 Å². The van der Waals surface area contributed by atoms with Gasteiger partial charge in [0.25, 0.3) is 0 Å². The molecule has 1 aromatic rings. The predicted molar refractivity (Wildman–Crippen MR) is 70.9 cm³/mol. The summed E-state index contributed by atoms with van der Waals surface area (Å²) in [4.78, 5) is 0. The van der Waals surface area contributed by atoms with Crippen molar-refractivity contribution in [2.75, 3.05) is 18.1 Å². The number of nitrogens with one attached hydrogen (secondary N) is 1. The average molecular weight is 274 g/mol. The van der Waals surface area contributed by atoms with Crippen LogP contribution in [0.25, 0.3) is 0 Å². The van der Waals surface area contributed by atoms with Gasteiger partial charge in [-0.25, -0.2) is 8.42 Å². The third-order valence-corrected chi connectivity index (χ3v) is 4.20. The van der Waals surface area contributed by atoms with Crippen molar-refractivity contribution in [2.45, 2.75) is 33.9 Å². The van der Waals surface area contributed by atoms with Crippen LogP contribution in [0.15, 0.2) is 6.20 Å². The van der Waals surface area contributed by atoms with Gasteiger partial charge in [-0.1, -0.05) is 26.0 Å². The van der Waals surface area contributed by atoms with Crippen LogP contribution in [0.2, 0.25) is 0 Å². The molecule has 0 aliphatic heterocycles. The minimum Gasteiger partial charge on any atom is -0.311 e. The van der Waals surface area contributed by atoms with Gasteiger partial charge in [-0.2, -0.15) is 0 Å². The zero-order valence-electron chi connectivity index (χ0n) is 11.3. The molecule has 0 amide bonds. The van der Waals surface area contributed by atoms with Crippen LogP contribution in [0.1, 0.15) is 26.5 Å². The average Bonchev–Trinajstić information content (AvgIpc) is 2.74. The van der Waals surface area contributed by atoms with Crippen molar-refractivity contribution in [1.29, 1.82) is 0 Å². The number of hydrogen-bond acceptors (Lipinski definition) is 5. The summed E-state index contributed by atoms with van der Waals surface area (Å²) >= 11 is 0. The molecular weight excluding hydrogens is 252 g/mol. The van der Waals surface area contributed by atoms with Gasteiger partial charge in [-0.05, 0) is 12.5 Å². The quantitative estimate of drug-likeness (QED) is 0.745. The lowest BCUT2D eigenvalue weighted by atomic mass is 10.2. The van der Waals surface area contributed by atoms with Gasteiger partial charge in [0, 0.05) is 18.5 Å². The first-order valence-electron chi connectivity index (χ1n) is 6.23. The molecule has 0 saturated heterocycles. The van der Waals surface area contributed by atoms with Gasteiger partial charge in [0.2, 0.25) is 0 Å². The van der Waals surface area contributed by atoms with Crippen molar-refractivity contribution in [1.82, 2.24) is 20.3 Å². The number of sulfone groups is 1. The molecule has 104 valence electrons. The Morgan fingerprint density at radius 3 is 2.78 bits per heavy atom. The van der Waals surface area contributed by atoms with Crippen molar-refractivity contribution < 1.29 is 8.42 Å². The minimum atomic E-state index is -2.94. The summed E-state index contributed by atoms with van der Waals surface area (Å²) in [7, 11) is -2.94. The first-order valence-corrected chi connectivity index (χ1v) is 8.05. The lowest BCUT2D eigenvalue weighted by molar-refractivity contribution is 0.548. The molecule has 6 nitrogen and oxygen atoms in total. The van der Waals surface area contributed by atoms with Crippen LogP contribution in [0.5, 0.6) is 0 Å². The summed E-state index contributed by atoms with van der Waals surface area (Å²) < 4.78 is 24.3. The van der Waals surface area contributed by atoms with E-state index in [2.05, 4.69) is 29.5 Å². The summed E-state index contributed by atoms with van der Waals surface area (Å²) in [5.41, 5.74) is 0.838. The second-order valence-corrected chi connectivity index (χ2v) is 7.21. The molecule has 1 aromatic heterocycles. The van der Waals surface area contributed by atoms with E-state index in [4.69, 9.17) is 0 Å². The maximum absolute atomic E-state index is 11.4. The number of hydrogen-bond donors (Lipinski definition) is 1. The SMILES string of the molecule is CCS(=O)(=O)CCn1cc(CNCC(C)C)nn1. The Hall–Kier alpha value is -0.950. The molecule has 7 heteroatoms. The Balaban J connectivity index is 2.39. The number of rotatable bonds is 8. The lowest BCUT2D eigenvalue weighted by Gasteiger charge is -2.04. The van der Waals surface area contributed by atoms with Gasteiger partial charge < -0.3 is 5.32 Å². The third-order valence-electron chi connectivity index (χ3n) is 2.52. The van der Waals surface area contributed by atoms with Crippen LogP contribution in [0.3, 0.4) is 0 Å². The van der Waals surface area contributed by atoms with E-state index in [1.165, 1.54) is 0 Å². The van der Waals surface area contributed by atoms with Crippen molar-refractivity contribution >= 4 is 9.84 Å². The maximum Gasteiger partial charge on any atom is 0.151 e. The standard InChI is InChI=1S/C11H22N4O2S/c1-4-18(16,17)6-5-15-9-11(13-14-15)8-12-7-10(2)3/h9-10,12H,4-8H2,1-3H3. The van der Waals surface area contributed by atoms with Crippen molar-refractivity contribution in [3.63, 3.8) is 0 Å². The highest BCUT2D eigenvalue weighted by atomic mass is 32.2. The van der Waals surface area contributed by atoms with E-state index in [1.807, 2.05) is 0 Å². The summed E-state index contributed by atoms with van der Waals surface area (Å²) in [6.45, 7) is 7.89. The maximum atomic E-state index is 11.4. The molecule has 0 aliphatic carbocycles. The van der Waals surface area contributed by atoms with Gasteiger partial charge in [0.1, 0.15) is 0 Å². The fourth-order valence-electron chi connectivity index (χ4n) is 1.39. The molecule has 0 aliphatic rings. The number of aromatic nitrogens is 3. The fraction of sp³-hybridized carbons (Fsp3) is 0.818. The molecule has 0 fully saturated rings. The highest BCUT2D eigenvalue weighted by molar-refractivity contribution is 7.91. The van der Waals surface area contributed by atoms with Gasteiger partial charge in [0.15, 0.2) is 9.84 Å². The second-order valence-electron chi connectivity index (χ2n) is 4.73. The minimum absolute atomic E-state index is 0.117. The number of aryl methyl sites for hydroxylation is 1. The van der Waals surface area contributed by atoms with E-state index in [0.29, 0.717) is 19.0 Å². The Morgan fingerprint density at radius 1 is 1.44 bits per heavy atom. The van der Waals surface area contributed by atoms with Crippen molar-refractivity contribution in [3.05, 3.63) is 11.9 Å². The fourth-order valence-corrected chi connectivity index (χ4v) is 2.15. The Kier molecular flexibility index (Phi) is 5.74. The summed E-state index contributed by atoms with van der Waals surface area (Å²) in [6, 6.07) is 0. The lowest BCUT2D eigenvalue weighted by Crippen LogP contribution is -2.19. The predicted octanol–water partition coefficient (Wildman–Crippen LogP) is 0.458. The highest BCUT2D eigenvalue weighted by Crippen LogP contribution is 1.97. The van der Waals surface area contributed by atoms with Crippen LogP contribution in [0.4, 0.5) is 0 Å². The van der Waals surface area contributed by atoms with Crippen molar-refractivity contribution in [2.24, 2.45) is 5.92 Å². The highest BCUT2D eigenvalue weighted by Gasteiger charge is 2.08. The van der Waals surface area contributed by atoms with Crippen LogP contribution in [-0.4, -0.2) is 41.5 Å². The van der Waals surface area contributed by atoms with E-state index in [1.54, 1.807) is 17.8 Å². The molecule has 0 atom stereocenters. The van der Waals surface area contributed by atoms with E-state index < -0.39 is 9.84 Å². The van der Waals surface area contributed by atoms with Gasteiger partial charge in [0.05, 0.1) is 18.0 Å². The molecule has 1 N–H and O–H groups in total. The van der Waals surface area contributed by atoms with Gasteiger partial charge >= 0.3 is 0 Å². The molecule has 0 spiro atoms. The largest absolute Gasteiger partial charge is 0.311 e. The van der Waals surface area contributed by atoms with Crippen LogP contribution in [-0.2, 0) is 22.9 Å². The van der Waals surface area contributed by atoms with E-state index in [0.717, 1.165) is 12.2 Å². The summed E-state index contributed by atoms with van der Waals surface area (Å²) in [5.74, 6) is 0.880. The molecule has 0 radical (unpaired) electrons. The molecule has 1 heterocycles. The topological polar surface area (TPSA) is 76.9 Å². The van der Waals surface area contributed by atoms with Crippen LogP contribution < -0.4 is 5.32 Å². The van der Waals surface area contributed by atoms with E-state index in [-0.39, 0.29) is 11.5 Å². The zero-order valence-corrected chi connectivity index (χ0v) is 12.1. The monoisotopic (exact) mass is 274 g/mol. The second kappa shape index (κ2) is 6.84. The molecule has 1 rings (SSSR count). The normalized spacial score (nSPS) is 12.2. The Labute approximate surface area is 109 Å². The first-order chi connectivity index (χ1) is 8.43. The molecule has 0 bridgehead atoms. The third kappa shape index (κ3) is 5.59. The zero-order chi connectivity index (χ0) is 13.6. The molecular formula is C11H22N4O2S. The Bertz CT molecular complexity index is 453. The summed E-state index contributed by atoms with van der Waals surface area (Å²) in [6.07, 6.45) is 1.79. The van der Waals surface area contributed by atoms with Crippen LogP contribution >= 0.6 is 0 Å². The van der Waals surface area contributed by atoms with Gasteiger partial charge in [-0.3, -0.25) is 4.68 Å². The van der Waals surface area contributed by atoms with E-state index >= 15 is 0 Å². The van der Waals surface area contributed by atoms with Crippen LogP contribution in [0, 0.1) is 5.92 Å². The summed E-state index contributed by atoms with van der Waals surface area (Å²) in [5, 5.41) is 11.2. The smallest absolute Gasteiger partial charge is 0.151 e. The molecule has 18 heavy (non-hydrogen) atoms. The first kappa shape index (κ1) is 15.1. The van der Waals surface area contributed by atoms with Gasteiger partial charge in [-0.15, -0.1) is 5.10 Å². The Morgan fingerprint density at radius 2 is 2.17 bits per heavy atom.